The van der Waals surface area contributed by atoms with Crippen molar-refractivity contribution in [1.29, 1.82) is 0 Å². The van der Waals surface area contributed by atoms with Crippen LogP contribution in [0.15, 0.2) is 0 Å². The largest absolute Gasteiger partial charge is 0.469 e. The summed E-state index contributed by atoms with van der Waals surface area (Å²) in [5.41, 5.74) is -0.845. The lowest BCUT2D eigenvalue weighted by Crippen LogP contribution is -2.28. The predicted octanol–water partition coefficient (Wildman–Crippen LogP) is 1.36. The molecule has 2 unspecified atom stereocenters. The maximum Gasteiger partial charge on any atom is 0.313 e. The van der Waals surface area contributed by atoms with E-state index in [1.54, 1.807) is 13.8 Å². The van der Waals surface area contributed by atoms with Crippen molar-refractivity contribution in [1.82, 2.24) is 0 Å². The van der Waals surface area contributed by atoms with Crippen LogP contribution in [0.25, 0.3) is 0 Å². The van der Waals surface area contributed by atoms with E-state index in [1.165, 1.54) is 7.11 Å². The maximum absolute atomic E-state index is 11.8. The van der Waals surface area contributed by atoms with Gasteiger partial charge < -0.3 is 9.84 Å². The molecule has 2 atom stereocenters. The number of aliphatic hydroxyl groups is 1. The van der Waals surface area contributed by atoms with E-state index in [4.69, 9.17) is 16.3 Å². The zero-order valence-electron chi connectivity index (χ0n) is 12.0. The number of esters is 1. The van der Waals surface area contributed by atoms with Gasteiger partial charge in [-0.2, -0.15) is 0 Å². The van der Waals surface area contributed by atoms with Crippen LogP contribution in [0.5, 0.6) is 0 Å². The Hall–Kier alpha value is -2.33. The van der Waals surface area contributed by atoms with Crippen molar-refractivity contribution in [3.05, 3.63) is 0 Å². The van der Waals surface area contributed by atoms with Crippen molar-refractivity contribution in [2.75, 3.05) is 7.11 Å². The summed E-state index contributed by atoms with van der Waals surface area (Å²) in [4.78, 5) is 11.8. The van der Waals surface area contributed by atoms with Crippen LogP contribution < -0.4 is 0 Å². The van der Waals surface area contributed by atoms with E-state index in [1.807, 2.05) is 0 Å². The van der Waals surface area contributed by atoms with Crippen LogP contribution in [-0.4, -0.2) is 24.3 Å². The molecule has 0 bridgehead atoms. The Kier molecular flexibility index (Phi) is 8.46. The average molecular weight is 270 g/mol. The second-order valence-corrected chi connectivity index (χ2v) is 4.25. The minimum atomic E-state index is -1.12. The van der Waals surface area contributed by atoms with Gasteiger partial charge in [-0.3, -0.25) is 4.79 Å². The standard InChI is InChI=1S/C17H18O3/c1-5-7-8-9-10-13-17(3,16(19)20-4)14-11-12-15(18)6-2/h2,15,18H,8,13-14H2,1,3-4H3. The molecule has 104 valence electrons. The molecule has 0 spiro atoms. The van der Waals surface area contributed by atoms with E-state index in [0.717, 1.165) is 0 Å². The highest BCUT2D eigenvalue weighted by molar-refractivity contribution is 5.77. The summed E-state index contributed by atoms with van der Waals surface area (Å²) in [6, 6.07) is 0. The second kappa shape index (κ2) is 9.58. The normalized spacial score (nSPS) is 12.8. The molecule has 3 heteroatoms. The molecule has 1 N–H and O–H groups in total. The molecule has 3 nitrogen and oxygen atoms in total. The molecule has 0 aliphatic rings. The van der Waals surface area contributed by atoms with Crippen molar-refractivity contribution in [2.45, 2.75) is 39.2 Å². The molecule has 0 saturated heterocycles. The molecule has 0 radical (unpaired) electrons. The van der Waals surface area contributed by atoms with E-state index in [0.29, 0.717) is 12.8 Å². The molecule has 0 aliphatic carbocycles. The van der Waals surface area contributed by atoms with Crippen molar-refractivity contribution < 1.29 is 14.6 Å². The fraction of sp³-hybridized carbons (Fsp3) is 0.471. The lowest BCUT2D eigenvalue weighted by atomic mass is 9.83. The zero-order valence-corrected chi connectivity index (χ0v) is 12.0. The molecule has 0 aromatic heterocycles. The first kappa shape index (κ1) is 17.7. The van der Waals surface area contributed by atoms with Crippen molar-refractivity contribution in [3.8, 4) is 47.9 Å². The Bertz CT molecular complexity index is 549. The van der Waals surface area contributed by atoms with Gasteiger partial charge in [0.05, 0.1) is 18.9 Å². The third kappa shape index (κ3) is 6.56. The number of ether oxygens (including phenoxy) is 1. The first-order chi connectivity index (χ1) is 9.50. The van der Waals surface area contributed by atoms with Gasteiger partial charge in [0, 0.05) is 12.8 Å². The molecule has 0 aromatic carbocycles. The monoisotopic (exact) mass is 270 g/mol. The molecule has 0 amide bonds. The quantitative estimate of drug-likeness (QED) is 0.622. The Balaban J connectivity index is 4.85. The third-order valence-electron chi connectivity index (χ3n) is 2.51. The Labute approximate surface area is 121 Å². The van der Waals surface area contributed by atoms with Gasteiger partial charge in [-0.1, -0.05) is 29.6 Å². The van der Waals surface area contributed by atoms with Gasteiger partial charge in [0.25, 0.3) is 0 Å². The van der Waals surface area contributed by atoms with E-state index in [9.17, 15) is 4.79 Å². The van der Waals surface area contributed by atoms with E-state index >= 15 is 0 Å². The molecular formula is C17H18O3. The predicted molar refractivity (Wildman–Crippen MR) is 77.8 cm³/mol. The second-order valence-electron chi connectivity index (χ2n) is 4.25. The van der Waals surface area contributed by atoms with Gasteiger partial charge in [0.2, 0.25) is 0 Å². The molecule has 0 heterocycles. The van der Waals surface area contributed by atoms with Gasteiger partial charge in [-0.05, 0) is 13.8 Å². The SMILES string of the molecule is C#CC(O)C#CCC(C)(CC#CCC#CC)C(=O)OC. The number of methoxy groups -OCH3 is 1. The first-order valence-electron chi connectivity index (χ1n) is 6.06. The van der Waals surface area contributed by atoms with Crippen LogP contribution in [0.1, 0.15) is 33.1 Å². The molecule has 0 aliphatic heterocycles. The van der Waals surface area contributed by atoms with E-state index in [-0.39, 0.29) is 6.42 Å². The maximum atomic E-state index is 11.8. The molecule has 20 heavy (non-hydrogen) atoms. The first-order valence-corrected chi connectivity index (χ1v) is 6.06. The number of aliphatic hydroxyl groups excluding tert-OH is 1. The molecule has 0 rings (SSSR count). The molecule has 0 saturated carbocycles. The van der Waals surface area contributed by atoms with Crippen LogP contribution in [0.3, 0.4) is 0 Å². The van der Waals surface area contributed by atoms with Gasteiger partial charge in [0.1, 0.15) is 0 Å². The number of rotatable bonds is 3. The Morgan fingerprint density at radius 3 is 2.50 bits per heavy atom. The summed E-state index contributed by atoms with van der Waals surface area (Å²) in [5, 5.41) is 9.15. The van der Waals surface area contributed by atoms with Crippen LogP contribution in [-0.2, 0) is 9.53 Å². The summed E-state index contributed by atoms with van der Waals surface area (Å²) in [5.74, 6) is 18.2. The van der Waals surface area contributed by atoms with Crippen molar-refractivity contribution >= 4 is 5.97 Å². The molecule has 0 aromatic rings. The minimum absolute atomic E-state index is 0.215. The van der Waals surface area contributed by atoms with E-state index in [2.05, 4.69) is 41.4 Å². The summed E-state index contributed by atoms with van der Waals surface area (Å²) in [7, 11) is 1.32. The van der Waals surface area contributed by atoms with Gasteiger partial charge in [-0.25, -0.2) is 0 Å². The number of carbonyl (C=O) groups is 1. The number of hydrogen-bond acceptors (Lipinski definition) is 3. The van der Waals surface area contributed by atoms with Crippen LogP contribution in [0.2, 0.25) is 0 Å². The van der Waals surface area contributed by atoms with Crippen molar-refractivity contribution in [2.24, 2.45) is 5.41 Å². The van der Waals surface area contributed by atoms with Gasteiger partial charge in [0.15, 0.2) is 6.10 Å². The number of carbonyl (C=O) groups excluding carboxylic acids is 1. The number of hydrogen-bond donors (Lipinski definition) is 1. The lowest BCUT2D eigenvalue weighted by Gasteiger charge is -2.21. The summed E-state index contributed by atoms with van der Waals surface area (Å²) in [6.45, 7) is 3.46. The highest BCUT2D eigenvalue weighted by Crippen LogP contribution is 2.26. The van der Waals surface area contributed by atoms with Crippen LogP contribution >= 0.6 is 0 Å². The minimum Gasteiger partial charge on any atom is -0.469 e. The fourth-order valence-electron chi connectivity index (χ4n) is 1.29. The Morgan fingerprint density at radius 1 is 1.30 bits per heavy atom. The highest BCUT2D eigenvalue weighted by atomic mass is 16.5. The molecule has 0 fully saturated rings. The molecular weight excluding hydrogens is 252 g/mol. The third-order valence-corrected chi connectivity index (χ3v) is 2.51. The van der Waals surface area contributed by atoms with E-state index < -0.39 is 17.5 Å². The van der Waals surface area contributed by atoms with Crippen molar-refractivity contribution in [3.63, 3.8) is 0 Å². The average Bonchev–Trinajstić information content (AvgIpc) is 2.45. The highest BCUT2D eigenvalue weighted by Gasteiger charge is 2.32. The van der Waals surface area contributed by atoms with Gasteiger partial charge in [-0.15, -0.1) is 18.3 Å². The van der Waals surface area contributed by atoms with Crippen LogP contribution in [0, 0.1) is 53.3 Å². The Morgan fingerprint density at radius 2 is 1.95 bits per heavy atom. The topological polar surface area (TPSA) is 46.5 Å². The summed E-state index contributed by atoms with van der Waals surface area (Å²) in [6.07, 6.45) is 4.88. The number of terminal acetylenes is 1. The smallest absolute Gasteiger partial charge is 0.313 e. The zero-order chi connectivity index (χ0) is 15.4. The summed E-state index contributed by atoms with van der Waals surface area (Å²) >= 11 is 0. The van der Waals surface area contributed by atoms with Gasteiger partial charge >= 0.3 is 5.97 Å². The lowest BCUT2D eigenvalue weighted by molar-refractivity contribution is -0.151. The fourth-order valence-corrected chi connectivity index (χ4v) is 1.29. The summed E-state index contributed by atoms with van der Waals surface area (Å²) < 4.78 is 4.77. The van der Waals surface area contributed by atoms with Crippen LogP contribution in [0.4, 0.5) is 0 Å².